The van der Waals surface area contributed by atoms with Crippen LogP contribution in [0.1, 0.15) is 26.3 Å². The second-order valence-corrected chi connectivity index (χ2v) is 4.42. The Labute approximate surface area is 116 Å². The van der Waals surface area contributed by atoms with Gasteiger partial charge in [-0.05, 0) is 43.3 Å². The van der Waals surface area contributed by atoms with Crippen molar-refractivity contribution >= 4 is 17.5 Å². The smallest absolute Gasteiger partial charge is 0.259 e. The van der Waals surface area contributed by atoms with Gasteiger partial charge in [0.05, 0.1) is 5.56 Å². The molecule has 4 N–H and O–H groups in total. The number of anilines is 1. The Balaban J connectivity index is 2.19. The zero-order chi connectivity index (χ0) is 14.7. The first-order valence-corrected chi connectivity index (χ1v) is 5.98. The summed E-state index contributed by atoms with van der Waals surface area (Å²) in [5.41, 5.74) is 7.08. The molecule has 0 fully saturated rings. The molecule has 20 heavy (non-hydrogen) atoms. The molecular weight excluding hydrogens is 256 g/mol. The van der Waals surface area contributed by atoms with Crippen LogP contribution in [0, 0.1) is 6.92 Å². The number of nitrogens with one attached hydrogen (secondary N) is 1. The number of aromatic hydroxyl groups is 1. The molecule has 102 valence electrons. The highest BCUT2D eigenvalue weighted by Crippen LogP contribution is 2.20. The van der Waals surface area contributed by atoms with Crippen LogP contribution in [0.25, 0.3) is 0 Å². The van der Waals surface area contributed by atoms with Crippen LogP contribution in [0.3, 0.4) is 0 Å². The Morgan fingerprint density at radius 2 is 1.75 bits per heavy atom. The molecule has 2 amide bonds. The molecule has 5 heteroatoms. The number of rotatable bonds is 3. The summed E-state index contributed by atoms with van der Waals surface area (Å²) in [4.78, 5) is 23.0. The number of carbonyl (C=O) groups excluding carboxylic acids is 2. The van der Waals surface area contributed by atoms with Crippen LogP contribution in [0.5, 0.6) is 5.75 Å². The van der Waals surface area contributed by atoms with E-state index < -0.39 is 11.8 Å². The van der Waals surface area contributed by atoms with Crippen molar-refractivity contribution < 1.29 is 14.7 Å². The van der Waals surface area contributed by atoms with Gasteiger partial charge < -0.3 is 16.2 Å². The van der Waals surface area contributed by atoms with Gasteiger partial charge in [0.2, 0.25) is 5.91 Å². The number of phenols is 1. The summed E-state index contributed by atoms with van der Waals surface area (Å²) >= 11 is 0. The van der Waals surface area contributed by atoms with E-state index in [1.54, 1.807) is 24.3 Å². The van der Waals surface area contributed by atoms with Gasteiger partial charge in [-0.1, -0.05) is 11.6 Å². The van der Waals surface area contributed by atoms with Crippen molar-refractivity contribution in [3.05, 3.63) is 59.2 Å². The molecule has 0 aromatic heterocycles. The monoisotopic (exact) mass is 270 g/mol. The minimum Gasteiger partial charge on any atom is -0.507 e. The number of hydrogen-bond donors (Lipinski definition) is 3. The first kappa shape index (κ1) is 13.6. The average molecular weight is 270 g/mol. The summed E-state index contributed by atoms with van der Waals surface area (Å²) in [6.07, 6.45) is 0. The highest BCUT2D eigenvalue weighted by molar-refractivity contribution is 6.06. The third-order valence-corrected chi connectivity index (χ3v) is 2.82. The van der Waals surface area contributed by atoms with Crippen molar-refractivity contribution in [2.75, 3.05) is 5.32 Å². The fraction of sp³-hybridized carbons (Fsp3) is 0.0667. The van der Waals surface area contributed by atoms with E-state index in [1.165, 1.54) is 18.2 Å². The largest absolute Gasteiger partial charge is 0.507 e. The van der Waals surface area contributed by atoms with Crippen LogP contribution in [0.2, 0.25) is 0 Å². The molecule has 0 spiro atoms. The summed E-state index contributed by atoms with van der Waals surface area (Å²) in [6.45, 7) is 1.83. The van der Waals surface area contributed by atoms with Crippen molar-refractivity contribution in [3.8, 4) is 5.75 Å². The molecular formula is C15H14N2O3. The van der Waals surface area contributed by atoms with Gasteiger partial charge in [-0.2, -0.15) is 0 Å². The number of aryl methyl sites for hydroxylation is 1. The molecule has 0 saturated carbocycles. The van der Waals surface area contributed by atoms with Crippen molar-refractivity contribution in [2.24, 2.45) is 5.73 Å². The van der Waals surface area contributed by atoms with Crippen LogP contribution in [0.4, 0.5) is 5.69 Å². The number of phenolic OH excluding ortho intramolecular Hbond substituents is 1. The summed E-state index contributed by atoms with van der Waals surface area (Å²) in [5.74, 6) is -1.03. The maximum absolute atomic E-state index is 12.0. The first-order valence-electron chi connectivity index (χ1n) is 5.98. The molecule has 0 bridgehead atoms. The lowest BCUT2D eigenvalue weighted by molar-refractivity contribution is 0.0998. The first-order chi connectivity index (χ1) is 9.47. The minimum absolute atomic E-state index is 0.0816. The Bertz CT molecular complexity index is 663. The van der Waals surface area contributed by atoms with Gasteiger partial charge in [0, 0.05) is 11.3 Å². The van der Waals surface area contributed by atoms with Crippen LogP contribution >= 0.6 is 0 Å². The summed E-state index contributed by atoms with van der Waals surface area (Å²) in [7, 11) is 0. The number of nitrogens with two attached hydrogens (primary N) is 1. The summed E-state index contributed by atoms with van der Waals surface area (Å²) in [5, 5.41) is 12.3. The predicted octanol–water partition coefficient (Wildman–Crippen LogP) is 2.05. The normalized spacial score (nSPS) is 10.1. The molecule has 0 aliphatic rings. The molecule has 0 aliphatic heterocycles. The molecule has 0 heterocycles. The van der Waals surface area contributed by atoms with Crippen LogP contribution in [-0.2, 0) is 0 Å². The standard InChI is InChI=1S/C15H14N2O3/c1-9-2-7-13(18)12(8-9)15(20)17-11-5-3-10(4-6-11)14(16)19/h2-8,18H,1H3,(H2,16,19)(H,17,20). The number of primary amides is 1. The Hall–Kier alpha value is -2.82. The second kappa shape index (κ2) is 5.44. The molecule has 5 nitrogen and oxygen atoms in total. The van der Waals surface area contributed by atoms with Gasteiger partial charge >= 0.3 is 0 Å². The lowest BCUT2D eigenvalue weighted by Crippen LogP contribution is -2.13. The Morgan fingerprint density at radius 3 is 2.35 bits per heavy atom. The molecule has 0 radical (unpaired) electrons. The summed E-state index contributed by atoms with van der Waals surface area (Å²) in [6, 6.07) is 11.0. The fourth-order valence-corrected chi connectivity index (χ4v) is 1.75. The van der Waals surface area contributed by atoms with Gasteiger partial charge in [-0.3, -0.25) is 9.59 Å². The predicted molar refractivity (Wildman–Crippen MR) is 75.8 cm³/mol. The van der Waals surface area contributed by atoms with Crippen molar-refractivity contribution in [2.45, 2.75) is 6.92 Å². The molecule has 0 aliphatic carbocycles. The van der Waals surface area contributed by atoms with Crippen molar-refractivity contribution in [1.82, 2.24) is 0 Å². The Kier molecular flexibility index (Phi) is 3.70. The van der Waals surface area contributed by atoms with E-state index >= 15 is 0 Å². The van der Waals surface area contributed by atoms with Gasteiger partial charge in [0.15, 0.2) is 0 Å². The van der Waals surface area contributed by atoms with E-state index in [9.17, 15) is 14.7 Å². The molecule has 2 rings (SSSR count). The van der Waals surface area contributed by atoms with Crippen molar-refractivity contribution in [3.63, 3.8) is 0 Å². The van der Waals surface area contributed by atoms with Gasteiger partial charge in [-0.15, -0.1) is 0 Å². The molecule has 0 unspecified atom stereocenters. The van der Waals surface area contributed by atoms with Gasteiger partial charge in [0.1, 0.15) is 5.75 Å². The zero-order valence-electron chi connectivity index (χ0n) is 10.9. The third kappa shape index (κ3) is 2.95. The fourth-order valence-electron chi connectivity index (χ4n) is 1.75. The van der Waals surface area contributed by atoms with Gasteiger partial charge in [0.25, 0.3) is 5.91 Å². The van der Waals surface area contributed by atoms with Crippen LogP contribution in [0.15, 0.2) is 42.5 Å². The molecule has 2 aromatic carbocycles. The molecule has 0 atom stereocenters. The molecule has 2 aromatic rings. The zero-order valence-corrected chi connectivity index (χ0v) is 10.9. The van der Waals surface area contributed by atoms with Crippen LogP contribution in [-0.4, -0.2) is 16.9 Å². The maximum atomic E-state index is 12.0. The quantitative estimate of drug-likeness (QED) is 0.797. The van der Waals surface area contributed by atoms with E-state index in [2.05, 4.69) is 5.32 Å². The van der Waals surface area contributed by atoms with E-state index in [0.717, 1.165) is 5.56 Å². The average Bonchev–Trinajstić information content (AvgIpc) is 2.42. The number of hydrogen-bond acceptors (Lipinski definition) is 3. The van der Waals surface area contributed by atoms with Crippen LogP contribution < -0.4 is 11.1 Å². The highest BCUT2D eigenvalue weighted by atomic mass is 16.3. The molecule has 0 saturated heterocycles. The minimum atomic E-state index is -0.529. The second-order valence-electron chi connectivity index (χ2n) is 4.42. The number of benzene rings is 2. The third-order valence-electron chi connectivity index (χ3n) is 2.82. The number of carbonyl (C=O) groups is 2. The van der Waals surface area contributed by atoms with E-state index in [4.69, 9.17) is 5.73 Å². The van der Waals surface area contributed by atoms with Crippen molar-refractivity contribution in [1.29, 1.82) is 0 Å². The highest BCUT2D eigenvalue weighted by Gasteiger charge is 2.11. The topological polar surface area (TPSA) is 92.4 Å². The summed E-state index contributed by atoms with van der Waals surface area (Å²) < 4.78 is 0. The lowest BCUT2D eigenvalue weighted by atomic mass is 10.1. The van der Waals surface area contributed by atoms with E-state index in [1.807, 2.05) is 6.92 Å². The lowest BCUT2D eigenvalue weighted by Gasteiger charge is -2.08. The van der Waals surface area contributed by atoms with E-state index in [-0.39, 0.29) is 11.3 Å². The number of amides is 2. The SMILES string of the molecule is Cc1ccc(O)c(C(=O)Nc2ccc(C(N)=O)cc2)c1. The maximum Gasteiger partial charge on any atom is 0.259 e. The Morgan fingerprint density at radius 1 is 1.10 bits per heavy atom. The van der Waals surface area contributed by atoms with Gasteiger partial charge in [-0.25, -0.2) is 0 Å². The van der Waals surface area contributed by atoms with E-state index in [0.29, 0.717) is 11.3 Å².